The van der Waals surface area contributed by atoms with Gasteiger partial charge in [-0.1, -0.05) is 32.9 Å². The second-order valence-corrected chi connectivity index (χ2v) is 6.81. The number of nitrogen functional groups attached to an aromatic ring is 1. The summed E-state index contributed by atoms with van der Waals surface area (Å²) in [6.07, 6.45) is 1.68. The minimum Gasteiger partial charge on any atom is -0.368 e. The summed E-state index contributed by atoms with van der Waals surface area (Å²) in [6.45, 7) is 7.44. The molecule has 2 aromatic rings. The lowest BCUT2D eigenvalue weighted by molar-refractivity contribution is 0.212. The number of nitrogens with one attached hydrogen (secondary N) is 1. The quantitative estimate of drug-likeness (QED) is 0.848. The maximum Gasteiger partial charge on any atom is 0.322 e. The van der Waals surface area contributed by atoms with Crippen LogP contribution in [0.25, 0.3) is 0 Å². The molecule has 1 aliphatic heterocycles. The van der Waals surface area contributed by atoms with E-state index >= 15 is 0 Å². The van der Waals surface area contributed by atoms with E-state index in [-0.39, 0.29) is 17.4 Å². The van der Waals surface area contributed by atoms with E-state index < -0.39 is 0 Å². The second-order valence-electron chi connectivity index (χ2n) is 6.81. The van der Waals surface area contributed by atoms with Crippen molar-refractivity contribution in [2.45, 2.75) is 39.3 Å². The van der Waals surface area contributed by atoms with E-state index in [1.165, 1.54) is 5.56 Å². The molecule has 1 aliphatic rings. The van der Waals surface area contributed by atoms with Gasteiger partial charge in [-0.15, -0.1) is 0 Å². The van der Waals surface area contributed by atoms with Crippen LogP contribution in [-0.4, -0.2) is 20.9 Å². The van der Waals surface area contributed by atoms with Crippen molar-refractivity contribution in [3.63, 3.8) is 0 Å². The predicted octanol–water partition coefficient (Wildman–Crippen LogP) is 2.90. The Morgan fingerprint density at radius 1 is 1.22 bits per heavy atom. The zero-order valence-electron chi connectivity index (χ0n) is 13.6. The third-order valence-electron chi connectivity index (χ3n) is 3.96. The topological polar surface area (TPSA) is 84.1 Å². The van der Waals surface area contributed by atoms with E-state index in [1.54, 1.807) is 11.1 Å². The Balaban J connectivity index is 1.67. The van der Waals surface area contributed by atoms with Crippen LogP contribution in [0.2, 0.25) is 0 Å². The molecule has 0 radical (unpaired) electrons. The fraction of sp³-hybridized carbons (Fsp3) is 0.353. The SMILES string of the molecule is CC(C)(C)c1ccc(NC(=O)N2Cc3cnc(N)nc3C2)cc1. The van der Waals surface area contributed by atoms with E-state index in [0.29, 0.717) is 13.1 Å². The van der Waals surface area contributed by atoms with Gasteiger partial charge < -0.3 is 16.0 Å². The first-order chi connectivity index (χ1) is 10.8. The van der Waals surface area contributed by atoms with E-state index in [4.69, 9.17) is 5.73 Å². The number of nitrogens with zero attached hydrogens (tertiary/aromatic N) is 3. The van der Waals surface area contributed by atoms with Crippen molar-refractivity contribution in [1.29, 1.82) is 0 Å². The van der Waals surface area contributed by atoms with Gasteiger partial charge in [0.25, 0.3) is 0 Å². The number of anilines is 2. The maximum atomic E-state index is 12.4. The van der Waals surface area contributed by atoms with Crippen molar-refractivity contribution in [2.75, 3.05) is 11.1 Å². The van der Waals surface area contributed by atoms with Gasteiger partial charge in [0.15, 0.2) is 0 Å². The Bertz CT molecular complexity index is 734. The Morgan fingerprint density at radius 2 is 1.91 bits per heavy atom. The highest BCUT2D eigenvalue weighted by molar-refractivity contribution is 5.89. The molecule has 2 amide bonds. The molecule has 1 aromatic carbocycles. The maximum absolute atomic E-state index is 12.4. The molecule has 6 nitrogen and oxygen atoms in total. The number of hydrogen-bond acceptors (Lipinski definition) is 4. The summed E-state index contributed by atoms with van der Waals surface area (Å²) in [4.78, 5) is 22.2. The fourth-order valence-corrected chi connectivity index (χ4v) is 2.57. The van der Waals surface area contributed by atoms with Crippen molar-refractivity contribution in [2.24, 2.45) is 0 Å². The van der Waals surface area contributed by atoms with Gasteiger partial charge in [0.1, 0.15) is 0 Å². The highest BCUT2D eigenvalue weighted by atomic mass is 16.2. The molecule has 23 heavy (non-hydrogen) atoms. The van der Waals surface area contributed by atoms with Gasteiger partial charge in [-0.25, -0.2) is 14.8 Å². The van der Waals surface area contributed by atoms with E-state index in [1.807, 2.05) is 24.3 Å². The Morgan fingerprint density at radius 3 is 2.57 bits per heavy atom. The molecule has 0 bridgehead atoms. The van der Waals surface area contributed by atoms with Gasteiger partial charge in [0.05, 0.1) is 18.8 Å². The number of aromatic nitrogens is 2. The van der Waals surface area contributed by atoms with Crippen LogP contribution in [0.5, 0.6) is 0 Å². The highest BCUT2D eigenvalue weighted by Gasteiger charge is 2.25. The van der Waals surface area contributed by atoms with Crippen LogP contribution < -0.4 is 11.1 Å². The highest BCUT2D eigenvalue weighted by Crippen LogP contribution is 2.25. The largest absolute Gasteiger partial charge is 0.368 e. The first kappa shape index (κ1) is 15.3. The van der Waals surface area contributed by atoms with Gasteiger partial charge in [-0.2, -0.15) is 0 Å². The molecule has 0 fully saturated rings. The number of urea groups is 1. The standard InChI is InChI=1S/C17H21N5O/c1-17(2,3)12-4-6-13(7-5-12)20-16(23)22-9-11-8-19-15(18)21-14(11)10-22/h4-8H,9-10H2,1-3H3,(H,20,23)(H2,18,19,21). The van der Waals surface area contributed by atoms with Crippen molar-refractivity contribution in [3.8, 4) is 0 Å². The Hall–Kier alpha value is -2.63. The minimum absolute atomic E-state index is 0.0950. The first-order valence-electron chi connectivity index (χ1n) is 7.60. The van der Waals surface area contributed by atoms with Crippen LogP contribution in [0.4, 0.5) is 16.4 Å². The fourth-order valence-electron chi connectivity index (χ4n) is 2.57. The van der Waals surface area contributed by atoms with Crippen LogP contribution in [-0.2, 0) is 18.5 Å². The number of hydrogen-bond donors (Lipinski definition) is 2. The summed E-state index contributed by atoms with van der Waals surface area (Å²) in [7, 11) is 0. The van der Waals surface area contributed by atoms with Crippen LogP contribution >= 0.6 is 0 Å². The normalized spacial score (nSPS) is 13.8. The van der Waals surface area contributed by atoms with E-state index in [9.17, 15) is 4.79 Å². The number of carbonyl (C=O) groups excluding carboxylic acids is 1. The summed E-state index contributed by atoms with van der Waals surface area (Å²) >= 11 is 0. The molecular formula is C17H21N5O. The third kappa shape index (κ3) is 3.26. The smallest absolute Gasteiger partial charge is 0.322 e. The second kappa shape index (κ2) is 5.53. The van der Waals surface area contributed by atoms with Crippen molar-refractivity contribution in [1.82, 2.24) is 14.9 Å². The van der Waals surface area contributed by atoms with Crippen molar-refractivity contribution >= 4 is 17.7 Å². The summed E-state index contributed by atoms with van der Waals surface area (Å²) in [5.41, 5.74) is 9.45. The lowest BCUT2D eigenvalue weighted by Crippen LogP contribution is -2.30. The molecular weight excluding hydrogens is 290 g/mol. The zero-order chi connectivity index (χ0) is 16.6. The third-order valence-corrected chi connectivity index (χ3v) is 3.96. The molecule has 1 aromatic heterocycles. The lowest BCUT2D eigenvalue weighted by atomic mass is 9.87. The molecule has 120 valence electrons. The van der Waals surface area contributed by atoms with Crippen LogP contribution in [0, 0.1) is 0 Å². The zero-order valence-corrected chi connectivity index (χ0v) is 13.6. The number of amides is 2. The lowest BCUT2D eigenvalue weighted by Gasteiger charge is -2.20. The molecule has 0 atom stereocenters. The molecule has 0 spiro atoms. The number of nitrogens with two attached hydrogens (primary N) is 1. The first-order valence-corrected chi connectivity index (χ1v) is 7.60. The molecule has 0 saturated carbocycles. The molecule has 0 aliphatic carbocycles. The summed E-state index contributed by atoms with van der Waals surface area (Å²) in [5.74, 6) is 0.240. The Kier molecular flexibility index (Phi) is 3.67. The summed E-state index contributed by atoms with van der Waals surface area (Å²) in [5, 5.41) is 2.92. The summed E-state index contributed by atoms with van der Waals surface area (Å²) < 4.78 is 0. The average molecular weight is 311 g/mol. The number of carbonyl (C=O) groups is 1. The van der Waals surface area contributed by atoms with Gasteiger partial charge in [-0.05, 0) is 23.1 Å². The molecule has 0 unspecified atom stereocenters. The van der Waals surface area contributed by atoms with Gasteiger partial charge >= 0.3 is 6.03 Å². The number of rotatable bonds is 1. The molecule has 3 rings (SSSR count). The van der Waals surface area contributed by atoms with E-state index in [2.05, 4.69) is 36.1 Å². The minimum atomic E-state index is -0.148. The number of fused-ring (bicyclic) bond motifs is 1. The predicted molar refractivity (Wildman–Crippen MR) is 89.9 cm³/mol. The van der Waals surface area contributed by atoms with Crippen LogP contribution in [0.1, 0.15) is 37.6 Å². The van der Waals surface area contributed by atoms with Gasteiger partial charge in [-0.3, -0.25) is 0 Å². The van der Waals surface area contributed by atoms with Gasteiger partial charge in [0.2, 0.25) is 5.95 Å². The average Bonchev–Trinajstić information content (AvgIpc) is 2.90. The van der Waals surface area contributed by atoms with Crippen molar-refractivity contribution in [3.05, 3.63) is 47.3 Å². The summed E-state index contributed by atoms with van der Waals surface area (Å²) in [6, 6.07) is 7.80. The molecule has 2 heterocycles. The molecule has 6 heteroatoms. The van der Waals surface area contributed by atoms with Crippen molar-refractivity contribution < 1.29 is 4.79 Å². The van der Waals surface area contributed by atoms with Crippen LogP contribution in [0.3, 0.4) is 0 Å². The molecule has 0 saturated heterocycles. The molecule has 3 N–H and O–H groups in total. The number of benzene rings is 1. The van der Waals surface area contributed by atoms with Gasteiger partial charge in [0, 0.05) is 17.4 Å². The Labute approximate surface area is 135 Å². The van der Waals surface area contributed by atoms with Crippen LogP contribution in [0.15, 0.2) is 30.5 Å². The monoisotopic (exact) mass is 311 g/mol. The van der Waals surface area contributed by atoms with E-state index in [0.717, 1.165) is 16.9 Å².